The zero-order valence-corrected chi connectivity index (χ0v) is 20.4. The number of nitroso groups, excluding NO2 is 1. The van der Waals surface area contributed by atoms with Crippen LogP contribution in [0.1, 0.15) is 96.8 Å². The fourth-order valence-electron chi connectivity index (χ4n) is 3.12. The van der Waals surface area contributed by atoms with Gasteiger partial charge in [-0.3, -0.25) is 4.98 Å². The maximum absolute atomic E-state index is 10.3. The summed E-state index contributed by atoms with van der Waals surface area (Å²) in [5.41, 5.74) is 3.17. The van der Waals surface area contributed by atoms with E-state index in [0.29, 0.717) is 5.69 Å². The summed E-state index contributed by atoms with van der Waals surface area (Å²) in [6.45, 7) is 2.28. The summed E-state index contributed by atoms with van der Waals surface area (Å²) >= 11 is 1.77. The van der Waals surface area contributed by atoms with Crippen LogP contribution in [0.3, 0.4) is 0 Å². The number of nitrogens with one attached hydrogen (secondary N) is 1. The first-order valence-electron chi connectivity index (χ1n) is 10.5. The van der Waals surface area contributed by atoms with E-state index in [9.17, 15) is 4.91 Å². The number of rotatable bonds is 18. The van der Waals surface area contributed by atoms with Gasteiger partial charge in [-0.15, -0.1) is 16.7 Å². The van der Waals surface area contributed by atoms with Gasteiger partial charge in [0, 0.05) is 11.1 Å². The fraction of sp³-hybridized carbons (Fsp3) is 0.762. The van der Waals surface area contributed by atoms with Crippen molar-refractivity contribution in [3.63, 3.8) is 0 Å². The molecule has 0 fully saturated rings. The second-order valence-corrected chi connectivity index (χ2v) is 8.16. The number of aromatic nitrogens is 1. The normalized spacial score (nSPS) is 10.4. The first kappa shape index (κ1) is 26.9. The van der Waals surface area contributed by atoms with Crippen LogP contribution >= 0.6 is 11.8 Å². The maximum atomic E-state index is 10.3. The van der Waals surface area contributed by atoms with Crippen LogP contribution in [0.15, 0.2) is 28.6 Å². The van der Waals surface area contributed by atoms with Gasteiger partial charge in [-0.2, -0.15) is 0 Å². The molecule has 6 heteroatoms. The van der Waals surface area contributed by atoms with Crippen LogP contribution in [-0.4, -0.2) is 10.7 Å². The van der Waals surface area contributed by atoms with Crippen LogP contribution in [0.4, 0.5) is 5.69 Å². The molecule has 0 saturated carbocycles. The molecule has 1 aromatic heterocycles. The predicted octanol–water partition coefficient (Wildman–Crippen LogP) is 4.75. The predicted molar refractivity (Wildman–Crippen MR) is 115 cm³/mol. The van der Waals surface area contributed by atoms with Gasteiger partial charge in [0.1, 0.15) is 0 Å². The second-order valence-electron chi connectivity index (χ2n) is 7.02. The smallest absolute Gasteiger partial charge is 0.262 e. The largest absolute Gasteiger partial charge is 1.00 e. The molecule has 0 aliphatic heterocycles. The Morgan fingerprint density at radius 2 is 1.41 bits per heavy atom. The van der Waals surface area contributed by atoms with Gasteiger partial charge < -0.3 is 0 Å². The molecule has 0 bridgehead atoms. The van der Waals surface area contributed by atoms with Crippen molar-refractivity contribution in [1.29, 1.82) is 0 Å². The van der Waals surface area contributed by atoms with E-state index in [1.165, 1.54) is 89.9 Å². The molecule has 1 heterocycles. The van der Waals surface area contributed by atoms with Crippen LogP contribution in [0.2, 0.25) is 0 Å². The van der Waals surface area contributed by atoms with Crippen molar-refractivity contribution in [2.75, 3.05) is 11.2 Å². The topological polar surface area (TPSA) is 54.4 Å². The van der Waals surface area contributed by atoms with Gasteiger partial charge in [-0.25, -0.2) is 5.43 Å². The minimum Gasteiger partial charge on any atom is -0.262 e. The standard InChI is InChI=1S/C21H37N3OS.Na/c1-2-3-4-5-6-7-8-9-10-11-12-13-14-15-18-26-21-16-17-22-19-20(21)23-24-25;/h16-17,19H,2-15,18H2,1H3,(H,23,25);/q;+1. The van der Waals surface area contributed by atoms with E-state index in [1.807, 2.05) is 6.07 Å². The molecule has 1 aromatic rings. The number of hydrogen-bond acceptors (Lipinski definition) is 4. The zero-order chi connectivity index (χ0) is 18.7. The van der Waals surface area contributed by atoms with Crippen LogP contribution in [0, 0.1) is 4.91 Å². The Kier molecular flexibility index (Phi) is 20.6. The van der Waals surface area contributed by atoms with Crippen LogP contribution in [0.25, 0.3) is 0 Å². The maximum Gasteiger partial charge on any atom is 1.00 e. The molecule has 0 aliphatic rings. The Morgan fingerprint density at radius 1 is 0.889 bits per heavy atom. The quantitative estimate of drug-likeness (QED) is 0.127. The summed E-state index contributed by atoms with van der Waals surface area (Å²) in [6, 6.07) is 1.93. The Morgan fingerprint density at radius 3 is 1.93 bits per heavy atom. The average molecular weight is 403 g/mol. The summed E-state index contributed by atoms with van der Waals surface area (Å²) < 4.78 is 0. The Hall–Kier alpha value is -0.1000. The van der Waals surface area contributed by atoms with E-state index in [4.69, 9.17) is 0 Å². The van der Waals surface area contributed by atoms with Crippen molar-refractivity contribution >= 4 is 17.4 Å². The van der Waals surface area contributed by atoms with Crippen molar-refractivity contribution < 1.29 is 29.6 Å². The molecule has 0 unspecified atom stereocenters. The van der Waals surface area contributed by atoms with Gasteiger partial charge in [-0.05, 0) is 18.2 Å². The summed E-state index contributed by atoms with van der Waals surface area (Å²) in [4.78, 5) is 15.4. The van der Waals surface area contributed by atoms with Gasteiger partial charge in [0.25, 0.3) is 0 Å². The van der Waals surface area contributed by atoms with Gasteiger partial charge in [0.15, 0.2) is 0 Å². The van der Waals surface area contributed by atoms with Gasteiger partial charge in [0.05, 0.1) is 17.2 Å². The average Bonchev–Trinajstić information content (AvgIpc) is 2.66. The third-order valence-electron chi connectivity index (χ3n) is 4.70. The zero-order valence-electron chi connectivity index (χ0n) is 17.5. The minimum atomic E-state index is 0. The van der Waals surface area contributed by atoms with Crippen molar-refractivity contribution in [2.45, 2.75) is 102 Å². The van der Waals surface area contributed by atoms with E-state index >= 15 is 0 Å². The second kappa shape index (κ2) is 20.6. The van der Waals surface area contributed by atoms with Crippen LogP contribution < -0.4 is 35.0 Å². The first-order valence-corrected chi connectivity index (χ1v) is 11.5. The number of unbranched alkanes of at least 4 members (excludes halogenated alkanes) is 13. The number of nitrogens with zero attached hydrogens (tertiary/aromatic N) is 2. The number of pyridine rings is 1. The number of thioether (sulfide) groups is 1. The SMILES string of the molecule is CCCCCCCCCCCCCCCCSc1ccncc1NN=O.[Na+]. The van der Waals surface area contributed by atoms with Crippen molar-refractivity contribution in [3.8, 4) is 0 Å². The van der Waals surface area contributed by atoms with Crippen molar-refractivity contribution in [2.24, 2.45) is 5.29 Å². The molecule has 1 rings (SSSR count). The molecule has 0 spiro atoms. The van der Waals surface area contributed by atoms with E-state index in [0.717, 1.165) is 10.6 Å². The van der Waals surface area contributed by atoms with E-state index in [2.05, 4.69) is 22.6 Å². The third-order valence-corrected chi connectivity index (χ3v) is 5.86. The molecule has 0 atom stereocenters. The van der Waals surface area contributed by atoms with E-state index in [1.54, 1.807) is 24.2 Å². The van der Waals surface area contributed by atoms with Gasteiger partial charge >= 0.3 is 29.6 Å². The molecule has 148 valence electrons. The Bertz CT molecular complexity index is 463. The molecule has 0 radical (unpaired) electrons. The molecule has 0 aromatic carbocycles. The third kappa shape index (κ3) is 15.5. The van der Waals surface area contributed by atoms with Crippen LogP contribution in [0.5, 0.6) is 0 Å². The molecule has 0 aliphatic carbocycles. The number of hydrogen-bond donors (Lipinski definition) is 1. The fourth-order valence-corrected chi connectivity index (χ4v) is 4.10. The number of anilines is 1. The summed E-state index contributed by atoms with van der Waals surface area (Å²) in [5, 5.41) is 2.73. The summed E-state index contributed by atoms with van der Waals surface area (Å²) in [6.07, 6.45) is 22.8. The molecule has 0 saturated heterocycles. The van der Waals surface area contributed by atoms with Crippen molar-refractivity contribution in [1.82, 2.24) is 4.98 Å². The molecule has 27 heavy (non-hydrogen) atoms. The first-order chi connectivity index (χ1) is 12.9. The molecule has 4 nitrogen and oxygen atoms in total. The molecular formula is C21H37N3NaOS+. The molecule has 0 amide bonds. The molecular weight excluding hydrogens is 365 g/mol. The Balaban J connectivity index is 0.00000676. The Labute approximate surface area is 192 Å². The van der Waals surface area contributed by atoms with Gasteiger partial charge in [-0.1, -0.05) is 90.4 Å². The van der Waals surface area contributed by atoms with E-state index < -0.39 is 0 Å². The summed E-state index contributed by atoms with van der Waals surface area (Å²) in [7, 11) is 0. The monoisotopic (exact) mass is 402 g/mol. The van der Waals surface area contributed by atoms with E-state index in [-0.39, 0.29) is 29.6 Å². The summed E-state index contributed by atoms with van der Waals surface area (Å²) in [5.74, 6) is 1.08. The molecule has 1 N–H and O–H groups in total. The minimum absolute atomic E-state index is 0. The van der Waals surface area contributed by atoms with Crippen LogP contribution in [-0.2, 0) is 0 Å². The van der Waals surface area contributed by atoms with Crippen molar-refractivity contribution in [3.05, 3.63) is 23.4 Å². The van der Waals surface area contributed by atoms with Gasteiger partial charge in [0.2, 0.25) is 0 Å².